The van der Waals surface area contributed by atoms with Crippen molar-refractivity contribution in [3.05, 3.63) is 22.4 Å². The van der Waals surface area contributed by atoms with Crippen molar-refractivity contribution < 1.29 is 9.59 Å². The van der Waals surface area contributed by atoms with Crippen molar-refractivity contribution in [3.8, 4) is 0 Å². The smallest absolute Gasteiger partial charge is 0.226 e. The van der Waals surface area contributed by atoms with Gasteiger partial charge in [-0.1, -0.05) is 19.9 Å². The molecule has 0 bridgehead atoms. The lowest BCUT2D eigenvalue weighted by molar-refractivity contribution is -0.128. The quantitative estimate of drug-likeness (QED) is 0.831. The number of amides is 2. The number of carbonyl (C=O) groups excluding carboxylic acids is 2. The molecular formula is C16H25N3O2S. The minimum absolute atomic E-state index is 0.0109. The lowest BCUT2D eigenvalue weighted by Gasteiger charge is -2.24. The van der Waals surface area contributed by atoms with Gasteiger partial charge < -0.3 is 15.1 Å². The third-order valence-electron chi connectivity index (χ3n) is 4.38. The molecule has 1 aliphatic heterocycles. The van der Waals surface area contributed by atoms with E-state index >= 15 is 0 Å². The number of hydrogen-bond acceptors (Lipinski definition) is 4. The van der Waals surface area contributed by atoms with E-state index in [1.165, 1.54) is 0 Å². The van der Waals surface area contributed by atoms with E-state index in [0.717, 1.165) is 24.5 Å². The van der Waals surface area contributed by atoms with Crippen LogP contribution in [0, 0.1) is 5.92 Å². The molecule has 2 atom stereocenters. The molecule has 1 saturated heterocycles. The summed E-state index contributed by atoms with van der Waals surface area (Å²) in [5.74, 6) is -0.251. The summed E-state index contributed by atoms with van der Waals surface area (Å²) >= 11 is 1.60. The highest BCUT2D eigenvalue weighted by Gasteiger charge is 2.42. The molecule has 22 heavy (non-hydrogen) atoms. The average Bonchev–Trinajstić information content (AvgIpc) is 3.13. The fourth-order valence-corrected chi connectivity index (χ4v) is 3.89. The topological polar surface area (TPSA) is 52.7 Å². The van der Waals surface area contributed by atoms with Gasteiger partial charge in [-0.25, -0.2) is 0 Å². The van der Waals surface area contributed by atoms with Crippen LogP contribution >= 0.6 is 11.3 Å². The molecule has 1 aromatic rings. The van der Waals surface area contributed by atoms with Crippen molar-refractivity contribution in [1.29, 1.82) is 0 Å². The predicted molar refractivity (Wildman–Crippen MR) is 88.7 cm³/mol. The van der Waals surface area contributed by atoms with Crippen LogP contribution < -0.4 is 5.32 Å². The summed E-state index contributed by atoms with van der Waals surface area (Å²) in [7, 11) is 1.79. The van der Waals surface area contributed by atoms with Gasteiger partial charge in [0.05, 0.1) is 12.0 Å². The molecule has 0 spiro atoms. The van der Waals surface area contributed by atoms with E-state index in [-0.39, 0.29) is 23.8 Å². The Bertz CT molecular complexity index is 499. The monoisotopic (exact) mass is 323 g/mol. The molecule has 1 N–H and O–H groups in total. The summed E-state index contributed by atoms with van der Waals surface area (Å²) in [4.78, 5) is 29.6. The Morgan fingerprint density at radius 1 is 1.45 bits per heavy atom. The second kappa shape index (κ2) is 7.74. The summed E-state index contributed by atoms with van der Waals surface area (Å²) in [6.45, 7) is 7.67. The number of hydrogen-bond donors (Lipinski definition) is 1. The van der Waals surface area contributed by atoms with Crippen LogP contribution in [0.1, 0.15) is 31.2 Å². The highest BCUT2D eigenvalue weighted by molar-refractivity contribution is 7.10. The number of carbonyl (C=O) groups is 2. The number of likely N-dealkylation sites (tertiary alicyclic amines) is 1. The van der Waals surface area contributed by atoms with Gasteiger partial charge in [0.25, 0.3) is 0 Å². The molecule has 5 nitrogen and oxygen atoms in total. The van der Waals surface area contributed by atoms with Crippen LogP contribution in [-0.2, 0) is 9.59 Å². The van der Waals surface area contributed by atoms with Crippen molar-refractivity contribution in [3.63, 3.8) is 0 Å². The molecule has 0 aliphatic carbocycles. The summed E-state index contributed by atoms with van der Waals surface area (Å²) in [5.41, 5.74) is 0. The predicted octanol–water partition coefficient (Wildman–Crippen LogP) is 1.73. The molecule has 0 saturated carbocycles. The highest BCUT2D eigenvalue weighted by atomic mass is 32.1. The van der Waals surface area contributed by atoms with Crippen LogP contribution in [0.2, 0.25) is 0 Å². The average molecular weight is 323 g/mol. The first kappa shape index (κ1) is 17.0. The number of likely N-dealkylation sites (N-methyl/N-ethyl adjacent to an activating group) is 1. The lowest BCUT2D eigenvalue weighted by atomic mass is 9.98. The number of rotatable bonds is 7. The number of nitrogens with zero attached hydrogens (tertiary/aromatic N) is 2. The van der Waals surface area contributed by atoms with Gasteiger partial charge in [-0.3, -0.25) is 9.59 Å². The van der Waals surface area contributed by atoms with Gasteiger partial charge >= 0.3 is 0 Å². The van der Waals surface area contributed by atoms with Crippen molar-refractivity contribution >= 4 is 23.2 Å². The van der Waals surface area contributed by atoms with Gasteiger partial charge in [0.15, 0.2) is 0 Å². The second-order valence-electron chi connectivity index (χ2n) is 5.59. The zero-order valence-corrected chi connectivity index (χ0v) is 14.4. The molecule has 1 aromatic heterocycles. The van der Waals surface area contributed by atoms with E-state index in [4.69, 9.17) is 0 Å². The van der Waals surface area contributed by atoms with E-state index in [1.807, 2.05) is 17.5 Å². The van der Waals surface area contributed by atoms with Crippen molar-refractivity contribution in [1.82, 2.24) is 15.1 Å². The molecule has 2 amide bonds. The molecule has 2 heterocycles. The van der Waals surface area contributed by atoms with Crippen molar-refractivity contribution in [2.45, 2.75) is 26.3 Å². The zero-order valence-electron chi connectivity index (χ0n) is 13.5. The Morgan fingerprint density at radius 2 is 2.18 bits per heavy atom. The fourth-order valence-electron chi connectivity index (χ4n) is 2.96. The van der Waals surface area contributed by atoms with Crippen LogP contribution in [0.4, 0.5) is 0 Å². The van der Waals surface area contributed by atoms with E-state index in [2.05, 4.69) is 24.1 Å². The normalized spacial score (nSPS) is 21.6. The van der Waals surface area contributed by atoms with Crippen molar-refractivity contribution in [2.75, 3.05) is 33.2 Å². The number of nitrogens with one attached hydrogen (secondary N) is 1. The van der Waals surface area contributed by atoms with Crippen LogP contribution in [0.15, 0.2) is 17.5 Å². The van der Waals surface area contributed by atoms with Gasteiger partial charge in [0.2, 0.25) is 11.8 Å². The molecule has 6 heteroatoms. The van der Waals surface area contributed by atoms with Crippen LogP contribution in [-0.4, -0.2) is 54.8 Å². The summed E-state index contributed by atoms with van der Waals surface area (Å²) in [6.07, 6.45) is 0.302. The first-order valence-corrected chi connectivity index (χ1v) is 8.75. The maximum absolute atomic E-state index is 12.5. The second-order valence-corrected chi connectivity index (χ2v) is 6.57. The fraction of sp³-hybridized carbons (Fsp3) is 0.625. The van der Waals surface area contributed by atoms with Gasteiger partial charge in [0.1, 0.15) is 0 Å². The lowest BCUT2D eigenvalue weighted by Crippen LogP contribution is -2.39. The molecule has 0 aromatic carbocycles. The maximum atomic E-state index is 12.5. The van der Waals surface area contributed by atoms with Gasteiger partial charge in [-0.05, 0) is 24.5 Å². The third kappa shape index (κ3) is 3.67. The van der Waals surface area contributed by atoms with Crippen LogP contribution in [0.25, 0.3) is 0 Å². The van der Waals surface area contributed by atoms with Crippen LogP contribution in [0.5, 0.6) is 0 Å². The molecule has 122 valence electrons. The van der Waals surface area contributed by atoms with Crippen LogP contribution in [0.3, 0.4) is 0 Å². The molecule has 1 aliphatic rings. The van der Waals surface area contributed by atoms with Gasteiger partial charge in [-0.15, -0.1) is 11.3 Å². The molecule has 1 fully saturated rings. The minimum atomic E-state index is -0.284. The largest absolute Gasteiger partial charge is 0.354 e. The Hall–Kier alpha value is -1.40. The van der Waals surface area contributed by atoms with Gasteiger partial charge in [0, 0.05) is 31.4 Å². The Kier molecular flexibility index (Phi) is 5.97. The first-order valence-electron chi connectivity index (χ1n) is 7.87. The van der Waals surface area contributed by atoms with Gasteiger partial charge in [-0.2, -0.15) is 0 Å². The van der Waals surface area contributed by atoms with E-state index in [9.17, 15) is 9.59 Å². The standard InChI is InChI=1S/C16H25N3O2S/c1-4-19(5-2)9-8-17-16(21)12-11-14(20)18(3)15(12)13-7-6-10-22-13/h6-7,10,12,15H,4-5,8-9,11H2,1-3H3,(H,17,21)/t12-,15-/m0/s1. The maximum Gasteiger partial charge on any atom is 0.226 e. The summed E-state index contributed by atoms with van der Waals surface area (Å²) < 4.78 is 0. The first-order chi connectivity index (χ1) is 10.6. The number of thiophene rings is 1. The third-order valence-corrected chi connectivity index (χ3v) is 5.32. The van der Waals surface area contributed by atoms with E-state index in [0.29, 0.717) is 13.0 Å². The van der Waals surface area contributed by atoms with E-state index in [1.54, 1.807) is 23.3 Å². The Labute approximate surface area is 136 Å². The molecule has 0 unspecified atom stereocenters. The Balaban J connectivity index is 1.97. The Morgan fingerprint density at radius 3 is 2.77 bits per heavy atom. The van der Waals surface area contributed by atoms with Crippen molar-refractivity contribution in [2.24, 2.45) is 5.92 Å². The highest BCUT2D eigenvalue weighted by Crippen LogP contribution is 2.38. The molecule has 0 radical (unpaired) electrons. The zero-order chi connectivity index (χ0) is 16.1. The SMILES string of the molecule is CCN(CC)CCNC(=O)[C@H]1CC(=O)N(C)[C@@H]1c1cccs1. The molecule has 2 rings (SSSR count). The summed E-state index contributed by atoms with van der Waals surface area (Å²) in [5, 5.41) is 4.99. The van der Waals surface area contributed by atoms with E-state index < -0.39 is 0 Å². The minimum Gasteiger partial charge on any atom is -0.354 e. The molecular weight excluding hydrogens is 298 g/mol. The summed E-state index contributed by atoms with van der Waals surface area (Å²) in [6, 6.07) is 3.84.